The van der Waals surface area contributed by atoms with Gasteiger partial charge in [-0.05, 0) is 80.1 Å². The molecule has 0 spiro atoms. The second-order valence-electron chi connectivity index (χ2n) is 8.50. The van der Waals surface area contributed by atoms with Gasteiger partial charge in [-0.15, -0.1) is 0 Å². The van der Waals surface area contributed by atoms with Crippen molar-refractivity contribution in [3.8, 4) is 11.4 Å². The molecule has 2 aromatic carbocycles. The van der Waals surface area contributed by atoms with Crippen LogP contribution in [0.3, 0.4) is 0 Å². The van der Waals surface area contributed by atoms with Gasteiger partial charge in [-0.2, -0.15) is 0 Å². The summed E-state index contributed by atoms with van der Waals surface area (Å²) in [6, 6.07) is 13.0. The van der Waals surface area contributed by atoms with E-state index in [2.05, 4.69) is 14.9 Å². The fraction of sp³-hybridized carbons (Fsp3) is 0.333. The van der Waals surface area contributed by atoms with Crippen molar-refractivity contribution in [3.63, 3.8) is 0 Å². The molecule has 0 saturated carbocycles. The van der Waals surface area contributed by atoms with Gasteiger partial charge in [0.2, 0.25) is 10.0 Å². The average molecular weight is 451 g/mol. The molecule has 0 fully saturated rings. The maximum Gasteiger partial charge on any atom is 0.255 e. The summed E-state index contributed by atoms with van der Waals surface area (Å²) in [6.45, 7) is 1.47. The lowest BCUT2D eigenvalue weighted by Crippen LogP contribution is -2.34. The molecule has 8 heteroatoms. The molecule has 0 atom stereocenters. The van der Waals surface area contributed by atoms with E-state index in [0.29, 0.717) is 23.5 Å². The second kappa shape index (κ2) is 8.09. The first-order valence-electron chi connectivity index (χ1n) is 11.0. The van der Waals surface area contributed by atoms with Crippen LogP contribution in [0, 0.1) is 0 Å². The largest absolute Gasteiger partial charge is 0.328 e. The van der Waals surface area contributed by atoms with Crippen molar-refractivity contribution >= 4 is 27.3 Å². The number of rotatable bonds is 4. The third-order valence-electron chi connectivity index (χ3n) is 6.22. The lowest BCUT2D eigenvalue weighted by molar-refractivity contribution is 0.102. The van der Waals surface area contributed by atoms with Crippen molar-refractivity contribution in [2.75, 3.05) is 22.4 Å². The number of imidazole rings is 1. The Kier molecular flexibility index (Phi) is 5.25. The molecule has 0 bridgehead atoms. The predicted molar refractivity (Wildman–Crippen MR) is 126 cm³/mol. The molecule has 2 aliphatic rings. The van der Waals surface area contributed by atoms with E-state index >= 15 is 0 Å². The van der Waals surface area contributed by atoms with Crippen molar-refractivity contribution in [3.05, 3.63) is 65.5 Å². The minimum atomic E-state index is -3.32. The number of carbonyl (C=O) groups is 1. The molecule has 1 aromatic heterocycles. The van der Waals surface area contributed by atoms with Crippen LogP contribution in [0.1, 0.15) is 40.9 Å². The molecule has 2 aliphatic heterocycles. The Morgan fingerprint density at radius 1 is 1.00 bits per heavy atom. The predicted octanol–water partition coefficient (Wildman–Crippen LogP) is 3.85. The molecule has 7 nitrogen and oxygen atoms in total. The fourth-order valence-corrected chi connectivity index (χ4v) is 5.62. The zero-order valence-electron chi connectivity index (χ0n) is 18.0. The molecular formula is C24H26N4O3S. The van der Waals surface area contributed by atoms with Gasteiger partial charge in [0.15, 0.2) is 0 Å². The summed E-state index contributed by atoms with van der Waals surface area (Å²) < 4.78 is 27.8. The van der Waals surface area contributed by atoms with Gasteiger partial charge in [0.25, 0.3) is 5.91 Å². The Balaban J connectivity index is 1.33. The van der Waals surface area contributed by atoms with E-state index < -0.39 is 10.0 Å². The number of hydrogen-bond donors (Lipinski definition) is 1. The van der Waals surface area contributed by atoms with Crippen LogP contribution in [0.2, 0.25) is 0 Å². The van der Waals surface area contributed by atoms with Crippen LogP contribution >= 0.6 is 0 Å². The van der Waals surface area contributed by atoms with Gasteiger partial charge in [0.1, 0.15) is 5.82 Å². The van der Waals surface area contributed by atoms with E-state index in [1.807, 2.05) is 30.5 Å². The number of anilines is 2. The summed E-state index contributed by atoms with van der Waals surface area (Å²) in [5, 5.41) is 2.94. The van der Waals surface area contributed by atoms with Gasteiger partial charge in [0.05, 0.1) is 11.9 Å². The van der Waals surface area contributed by atoms with Gasteiger partial charge >= 0.3 is 0 Å². The van der Waals surface area contributed by atoms with Crippen LogP contribution in [-0.4, -0.2) is 36.7 Å². The van der Waals surface area contributed by atoms with Crippen LogP contribution < -0.4 is 9.62 Å². The molecule has 166 valence electrons. The molecule has 0 radical (unpaired) electrons. The topological polar surface area (TPSA) is 84.3 Å². The lowest BCUT2D eigenvalue weighted by Gasteiger charge is -2.29. The highest BCUT2D eigenvalue weighted by atomic mass is 32.2. The summed E-state index contributed by atoms with van der Waals surface area (Å²) >= 11 is 0. The number of aryl methyl sites for hydroxylation is 2. The third-order valence-corrected chi connectivity index (χ3v) is 7.40. The molecular weight excluding hydrogens is 424 g/mol. The summed E-state index contributed by atoms with van der Waals surface area (Å²) in [5.74, 6) is 0.762. The van der Waals surface area contributed by atoms with Gasteiger partial charge in [-0.1, -0.05) is 0 Å². The zero-order chi connectivity index (χ0) is 22.3. The van der Waals surface area contributed by atoms with E-state index in [1.165, 1.54) is 29.1 Å². The molecule has 32 heavy (non-hydrogen) atoms. The normalized spacial score (nSPS) is 15.7. The van der Waals surface area contributed by atoms with E-state index in [9.17, 15) is 13.2 Å². The Bertz CT molecular complexity index is 1280. The second-order valence-corrected chi connectivity index (χ2v) is 10.4. The molecule has 1 amide bonds. The van der Waals surface area contributed by atoms with E-state index in [-0.39, 0.29) is 5.91 Å². The third kappa shape index (κ3) is 3.90. The highest BCUT2D eigenvalue weighted by Gasteiger charge is 2.24. The Morgan fingerprint density at radius 2 is 1.81 bits per heavy atom. The number of nitrogens with one attached hydrogen (secondary N) is 1. The number of fused-ring (bicyclic) bond motifs is 2. The monoisotopic (exact) mass is 450 g/mol. The average Bonchev–Trinajstić information content (AvgIpc) is 3.22. The fourth-order valence-electron chi connectivity index (χ4n) is 4.62. The van der Waals surface area contributed by atoms with Crippen LogP contribution in [0.4, 0.5) is 11.4 Å². The van der Waals surface area contributed by atoms with Gasteiger partial charge in [-0.25, -0.2) is 13.4 Å². The highest BCUT2D eigenvalue weighted by molar-refractivity contribution is 7.92. The molecule has 5 rings (SSSR count). The van der Waals surface area contributed by atoms with Crippen LogP contribution in [-0.2, 0) is 29.4 Å². The zero-order valence-corrected chi connectivity index (χ0v) is 18.9. The number of nitrogens with zero attached hydrogens (tertiary/aromatic N) is 3. The summed E-state index contributed by atoms with van der Waals surface area (Å²) in [5.41, 5.74) is 5.10. The van der Waals surface area contributed by atoms with E-state index in [0.717, 1.165) is 42.8 Å². The Labute approximate surface area is 188 Å². The van der Waals surface area contributed by atoms with Gasteiger partial charge in [-0.3, -0.25) is 9.10 Å². The Hall–Kier alpha value is -3.13. The maximum absolute atomic E-state index is 12.8. The standard InChI is InChI=1S/C24H26N4O3S/c1-32(30,31)28-14-4-5-18-15-19(9-12-22(18)28)24(29)26-20-10-7-17(8-11-20)23-25-16-21-6-2-3-13-27(21)23/h7-12,15-16H,2-6,13-14H2,1H3,(H,26,29). The number of benzene rings is 2. The number of aromatic nitrogens is 2. The quantitative estimate of drug-likeness (QED) is 0.654. The van der Waals surface area contributed by atoms with Crippen molar-refractivity contribution in [2.24, 2.45) is 0 Å². The van der Waals surface area contributed by atoms with Crippen LogP contribution in [0.25, 0.3) is 11.4 Å². The molecule has 3 aromatic rings. The molecule has 0 aliphatic carbocycles. The molecule has 3 heterocycles. The number of hydrogen-bond acceptors (Lipinski definition) is 4. The number of sulfonamides is 1. The molecule has 0 unspecified atom stereocenters. The van der Waals surface area contributed by atoms with Gasteiger partial charge in [0, 0.05) is 41.8 Å². The van der Waals surface area contributed by atoms with Crippen LogP contribution in [0.5, 0.6) is 0 Å². The first kappa shape index (κ1) is 20.8. The lowest BCUT2D eigenvalue weighted by atomic mass is 10.0. The SMILES string of the molecule is CS(=O)(=O)N1CCCc2cc(C(=O)Nc3ccc(-c4ncc5n4CCCC5)cc3)ccc21. The van der Waals surface area contributed by atoms with Crippen molar-refractivity contribution in [2.45, 2.75) is 38.6 Å². The number of carbonyl (C=O) groups excluding carboxylic acids is 1. The first-order valence-corrected chi connectivity index (χ1v) is 12.8. The minimum Gasteiger partial charge on any atom is -0.328 e. The molecule has 1 N–H and O–H groups in total. The number of amides is 1. The maximum atomic E-state index is 12.8. The minimum absolute atomic E-state index is 0.213. The Morgan fingerprint density at radius 3 is 2.59 bits per heavy atom. The summed E-state index contributed by atoms with van der Waals surface area (Å²) in [7, 11) is -3.32. The van der Waals surface area contributed by atoms with E-state index in [4.69, 9.17) is 0 Å². The summed E-state index contributed by atoms with van der Waals surface area (Å²) in [6.07, 6.45) is 8.13. The van der Waals surface area contributed by atoms with Crippen molar-refractivity contribution in [1.29, 1.82) is 0 Å². The van der Waals surface area contributed by atoms with Crippen molar-refractivity contribution in [1.82, 2.24) is 9.55 Å². The molecule has 0 saturated heterocycles. The van der Waals surface area contributed by atoms with Crippen LogP contribution in [0.15, 0.2) is 48.7 Å². The highest BCUT2D eigenvalue weighted by Crippen LogP contribution is 2.30. The smallest absolute Gasteiger partial charge is 0.255 e. The van der Waals surface area contributed by atoms with Gasteiger partial charge < -0.3 is 9.88 Å². The van der Waals surface area contributed by atoms with E-state index in [1.54, 1.807) is 18.2 Å². The first-order chi connectivity index (χ1) is 15.4. The van der Waals surface area contributed by atoms with Crippen molar-refractivity contribution < 1.29 is 13.2 Å². The summed E-state index contributed by atoms with van der Waals surface area (Å²) in [4.78, 5) is 17.4.